The second-order valence-corrected chi connectivity index (χ2v) is 8.52. The molecule has 2 heterocycles. The minimum atomic E-state index is -2.86. The Balaban J connectivity index is 1.57. The minimum Gasteiger partial charge on any atom is -0.338 e. The molecule has 2 saturated heterocycles. The molecule has 0 aromatic carbocycles. The summed E-state index contributed by atoms with van der Waals surface area (Å²) in [5.74, 6) is 0.537. The van der Waals surface area contributed by atoms with Crippen LogP contribution in [0.2, 0.25) is 0 Å². The molecule has 122 valence electrons. The number of likely N-dealkylation sites (tertiary alicyclic amines) is 1. The van der Waals surface area contributed by atoms with Gasteiger partial charge in [0.15, 0.2) is 9.84 Å². The Morgan fingerprint density at radius 2 is 2.05 bits per heavy atom. The average molecular weight is 317 g/mol. The van der Waals surface area contributed by atoms with Crippen molar-refractivity contribution in [3.05, 3.63) is 0 Å². The highest BCUT2D eigenvalue weighted by atomic mass is 32.2. The van der Waals surface area contributed by atoms with E-state index in [9.17, 15) is 13.2 Å². The van der Waals surface area contributed by atoms with E-state index in [1.54, 1.807) is 0 Å². The van der Waals surface area contributed by atoms with Gasteiger partial charge in [-0.1, -0.05) is 6.42 Å². The Morgan fingerprint density at radius 1 is 1.24 bits per heavy atom. The molecule has 0 aromatic heterocycles. The van der Waals surface area contributed by atoms with Crippen LogP contribution in [0.5, 0.6) is 0 Å². The van der Waals surface area contributed by atoms with Crippen LogP contribution in [0.15, 0.2) is 0 Å². The van der Waals surface area contributed by atoms with Crippen LogP contribution in [0.4, 0.5) is 4.79 Å². The lowest BCUT2D eigenvalue weighted by atomic mass is 10.0. The molecule has 2 rings (SSSR count). The first kappa shape index (κ1) is 16.5. The van der Waals surface area contributed by atoms with Crippen LogP contribution < -0.4 is 10.6 Å². The van der Waals surface area contributed by atoms with Gasteiger partial charge in [0.1, 0.15) is 0 Å². The van der Waals surface area contributed by atoms with Crippen molar-refractivity contribution >= 4 is 15.9 Å². The molecule has 0 aliphatic carbocycles. The summed E-state index contributed by atoms with van der Waals surface area (Å²) in [6, 6.07) is 0.413. The zero-order chi connectivity index (χ0) is 15.3. The first-order valence-electron chi connectivity index (χ1n) is 7.92. The summed E-state index contributed by atoms with van der Waals surface area (Å²) in [6.07, 6.45) is 4.44. The molecule has 2 aliphatic heterocycles. The predicted molar refractivity (Wildman–Crippen MR) is 83.0 cm³/mol. The van der Waals surface area contributed by atoms with Crippen LogP contribution in [0.1, 0.15) is 32.6 Å². The number of nitrogens with one attached hydrogen (secondary N) is 2. The molecule has 2 aliphatic rings. The van der Waals surface area contributed by atoms with Crippen molar-refractivity contribution in [1.29, 1.82) is 0 Å². The maximum Gasteiger partial charge on any atom is 0.314 e. The molecule has 0 unspecified atom stereocenters. The summed E-state index contributed by atoms with van der Waals surface area (Å²) < 4.78 is 22.7. The third kappa shape index (κ3) is 5.47. The van der Waals surface area contributed by atoms with E-state index in [1.165, 1.54) is 19.3 Å². The van der Waals surface area contributed by atoms with E-state index in [2.05, 4.69) is 22.5 Å². The molecular weight excluding hydrogens is 290 g/mol. The number of hydrogen-bond donors (Lipinski definition) is 2. The molecule has 2 fully saturated rings. The SMILES string of the molecule is C[C@H]1CCCCN1CCNC(=O)NC[C@H]1CCS(=O)(=O)C1. The summed E-state index contributed by atoms with van der Waals surface area (Å²) >= 11 is 0. The summed E-state index contributed by atoms with van der Waals surface area (Å²) in [5, 5.41) is 5.63. The lowest BCUT2D eigenvalue weighted by Gasteiger charge is -2.33. The number of urea groups is 1. The van der Waals surface area contributed by atoms with Gasteiger partial charge in [0, 0.05) is 25.7 Å². The van der Waals surface area contributed by atoms with E-state index in [1.807, 2.05) is 0 Å². The Kier molecular flexibility index (Phi) is 5.87. The topological polar surface area (TPSA) is 78.5 Å². The fourth-order valence-electron chi connectivity index (χ4n) is 3.14. The van der Waals surface area contributed by atoms with E-state index in [0.29, 0.717) is 25.6 Å². The second kappa shape index (κ2) is 7.45. The number of nitrogens with zero attached hydrogens (tertiary/aromatic N) is 1. The molecule has 2 N–H and O–H groups in total. The molecule has 0 saturated carbocycles. The predicted octanol–water partition coefficient (Wildman–Crippen LogP) is 0.595. The molecule has 0 aromatic rings. The third-order valence-corrected chi connectivity index (χ3v) is 6.34. The van der Waals surface area contributed by atoms with Crippen molar-refractivity contribution in [3.63, 3.8) is 0 Å². The smallest absolute Gasteiger partial charge is 0.314 e. The van der Waals surface area contributed by atoms with Gasteiger partial charge in [-0.2, -0.15) is 0 Å². The second-order valence-electron chi connectivity index (χ2n) is 6.29. The van der Waals surface area contributed by atoms with Crippen LogP contribution in [0, 0.1) is 5.92 Å². The standard InChI is InChI=1S/C14H27N3O3S/c1-12-4-2-3-7-17(12)8-6-15-14(18)16-10-13-5-9-21(19,20)11-13/h12-13H,2-11H2,1H3,(H2,15,16,18)/t12-,13+/m0/s1. The van der Waals surface area contributed by atoms with Crippen LogP contribution in [-0.4, -0.2) is 63.1 Å². The monoisotopic (exact) mass is 317 g/mol. The highest BCUT2D eigenvalue weighted by Crippen LogP contribution is 2.17. The average Bonchev–Trinajstić information content (AvgIpc) is 2.78. The van der Waals surface area contributed by atoms with Crippen molar-refractivity contribution in [3.8, 4) is 0 Å². The van der Waals surface area contributed by atoms with E-state index >= 15 is 0 Å². The Morgan fingerprint density at radius 3 is 2.71 bits per heavy atom. The van der Waals surface area contributed by atoms with Gasteiger partial charge in [-0.05, 0) is 38.6 Å². The number of hydrogen-bond acceptors (Lipinski definition) is 4. The third-order valence-electron chi connectivity index (χ3n) is 4.50. The molecule has 7 heteroatoms. The fourth-order valence-corrected chi connectivity index (χ4v) is 5.00. The number of sulfone groups is 1. The summed E-state index contributed by atoms with van der Waals surface area (Å²) in [4.78, 5) is 14.1. The van der Waals surface area contributed by atoms with Crippen LogP contribution in [0.25, 0.3) is 0 Å². The van der Waals surface area contributed by atoms with E-state index in [-0.39, 0.29) is 23.5 Å². The van der Waals surface area contributed by atoms with Gasteiger partial charge in [-0.15, -0.1) is 0 Å². The number of amides is 2. The molecule has 6 nitrogen and oxygen atoms in total. The maximum atomic E-state index is 11.7. The van der Waals surface area contributed by atoms with Crippen LogP contribution in [-0.2, 0) is 9.84 Å². The van der Waals surface area contributed by atoms with Crippen molar-refractivity contribution in [2.24, 2.45) is 5.92 Å². The number of rotatable bonds is 5. The first-order valence-corrected chi connectivity index (χ1v) is 9.74. The van der Waals surface area contributed by atoms with E-state index < -0.39 is 9.84 Å². The lowest BCUT2D eigenvalue weighted by Crippen LogP contribution is -2.45. The van der Waals surface area contributed by atoms with Crippen LogP contribution in [0.3, 0.4) is 0 Å². The highest BCUT2D eigenvalue weighted by Gasteiger charge is 2.27. The summed E-state index contributed by atoms with van der Waals surface area (Å²) in [7, 11) is -2.86. The zero-order valence-electron chi connectivity index (χ0n) is 12.8. The normalized spacial score (nSPS) is 29.2. The Hall–Kier alpha value is -0.820. The van der Waals surface area contributed by atoms with Crippen molar-refractivity contribution in [2.45, 2.75) is 38.6 Å². The number of carbonyl (C=O) groups is 1. The Labute approximate surface area is 127 Å². The van der Waals surface area contributed by atoms with Crippen molar-refractivity contribution in [1.82, 2.24) is 15.5 Å². The highest BCUT2D eigenvalue weighted by molar-refractivity contribution is 7.91. The molecule has 0 spiro atoms. The van der Waals surface area contributed by atoms with Crippen molar-refractivity contribution in [2.75, 3.05) is 37.7 Å². The molecular formula is C14H27N3O3S. The van der Waals surface area contributed by atoms with Gasteiger partial charge < -0.3 is 10.6 Å². The first-order chi connectivity index (χ1) is 9.96. The maximum absolute atomic E-state index is 11.7. The minimum absolute atomic E-state index is 0.0721. The Bertz CT molecular complexity index is 452. The van der Waals surface area contributed by atoms with Gasteiger partial charge in [0.05, 0.1) is 11.5 Å². The fraction of sp³-hybridized carbons (Fsp3) is 0.929. The van der Waals surface area contributed by atoms with Gasteiger partial charge in [0.25, 0.3) is 0 Å². The molecule has 0 radical (unpaired) electrons. The molecule has 21 heavy (non-hydrogen) atoms. The summed E-state index contributed by atoms with van der Waals surface area (Å²) in [6.45, 7) is 5.32. The summed E-state index contributed by atoms with van der Waals surface area (Å²) in [5.41, 5.74) is 0. The quantitative estimate of drug-likeness (QED) is 0.778. The largest absolute Gasteiger partial charge is 0.338 e. The number of piperidine rings is 1. The van der Waals surface area contributed by atoms with Crippen LogP contribution >= 0.6 is 0 Å². The van der Waals surface area contributed by atoms with Gasteiger partial charge in [0.2, 0.25) is 0 Å². The molecule has 0 bridgehead atoms. The van der Waals surface area contributed by atoms with E-state index in [4.69, 9.17) is 0 Å². The molecule has 2 amide bonds. The van der Waals surface area contributed by atoms with E-state index in [0.717, 1.165) is 13.1 Å². The number of carbonyl (C=O) groups excluding carboxylic acids is 1. The van der Waals surface area contributed by atoms with Crippen molar-refractivity contribution < 1.29 is 13.2 Å². The van der Waals surface area contributed by atoms with Gasteiger partial charge >= 0.3 is 6.03 Å². The molecule has 2 atom stereocenters. The van der Waals surface area contributed by atoms with Gasteiger partial charge in [-0.3, -0.25) is 4.90 Å². The van der Waals surface area contributed by atoms with Gasteiger partial charge in [-0.25, -0.2) is 13.2 Å². The lowest BCUT2D eigenvalue weighted by molar-refractivity contribution is 0.161. The zero-order valence-corrected chi connectivity index (χ0v) is 13.6.